The van der Waals surface area contributed by atoms with Gasteiger partial charge in [-0.15, -0.1) is 5.69 Å². The second kappa shape index (κ2) is 2.51. The van der Waals surface area contributed by atoms with Gasteiger partial charge < -0.3 is 10.7 Å². The van der Waals surface area contributed by atoms with E-state index in [9.17, 15) is 4.79 Å². The Balaban J connectivity index is 3.38. The van der Waals surface area contributed by atoms with Gasteiger partial charge in [0.05, 0.1) is 6.20 Å². The van der Waals surface area contributed by atoms with Gasteiger partial charge in [-0.3, -0.25) is 4.79 Å². The van der Waals surface area contributed by atoms with Gasteiger partial charge >= 0.3 is 0 Å². The van der Waals surface area contributed by atoms with E-state index in [-0.39, 0.29) is 16.4 Å². The summed E-state index contributed by atoms with van der Waals surface area (Å²) in [6.45, 7) is 0. The van der Waals surface area contributed by atoms with E-state index in [0.717, 1.165) is 11.2 Å². The van der Waals surface area contributed by atoms with Crippen LogP contribution in [0.15, 0.2) is 16.0 Å². The number of rotatable bonds is 0. The van der Waals surface area contributed by atoms with Crippen LogP contribution in [0.2, 0.25) is 0 Å². The molecule has 1 aromatic heterocycles. The molecule has 0 aromatic carbocycles. The highest BCUT2D eigenvalue weighted by molar-refractivity contribution is 7.88. The highest BCUT2D eigenvalue weighted by Crippen LogP contribution is 1.95. The number of nitrogen functional groups attached to an aromatic ring is 1. The maximum Gasteiger partial charge on any atom is 0.286 e. The van der Waals surface area contributed by atoms with Crippen LogP contribution in [0.4, 0.5) is 5.82 Å². The molecule has 0 amide bonds. The van der Waals surface area contributed by atoms with E-state index in [2.05, 4.69) is 9.97 Å². The van der Waals surface area contributed by atoms with Gasteiger partial charge in [-0.2, -0.15) is 0 Å². The molecule has 1 rings (SSSR count). The summed E-state index contributed by atoms with van der Waals surface area (Å²) in [5.74, 6) is 0.239. The van der Waals surface area contributed by atoms with Crippen LogP contribution in [0.1, 0.15) is 0 Å². The maximum atomic E-state index is 10.8. The molecule has 1 aromatic rings. The number of nitrogens with one attached hydrogen (secondary N) is 1. The smallest absolute Gasteiger partial charge is 0.286 e. The van der Waals surface area contributed by atoms with Gasteiger partial charge in [0.15, 0.2) is 5.03 Å². The summed E-state index contributed by atoms with van der Waals surface area (Å²) in [7, 11) is 0. The fourth-order valence-electron chi connectivity index (χ4n) is 0.488. The number of hydrogen-bond donors (Lipinski definition) is 2. The summed E-state index contributed by atoms with van der Waals surface area (Å²) in [4.78, 5) is 16.8. The number of nitrogens with zero attached hydrogens (tertiary/aromatic N) is 1. The Bertz CT molecular complexity index is 337. The summed E-state index contributed by atoms with van der Waals surface area (Å²) >= 11 is 0.794. The Kier molecular flexibility index (Phi) is 1.71. The lowest BCUT2D eigenvalue weighted by molar-refractivity contribution is 1.01. The average Bonchev–Trinajstić information content (AvgIpc) is 1.88. The van der Waals surface area contributed by atoms with Crippen molar-refractivity contribution in [2.45, 2.75) is 5.03 Å². The van der Waals surface area contributed by atoms with Crippen molar-refractivity contribution >= 4 is 17.0 Å². The number of hydrogen-bond acceptors (Lipinski definition) is 3. The number of H-pyrrole nitrogens is 1. The Morgan fingerprint density at radius 1 is 1.80 bits per heavy atom. The quantitative estimate of drug-likeness (QED) is 0.555. The van der Waals surface area contributed by atoms with E-state index < -0.39 is 0 Å². The minimum atomic E-state index is -0.354. The lowest BCUT2D eigenvalue weighted by atomic mass is 10.7. The van der Waals surface area contributed by atoms with Gasteiger partial charge in [0, 0.05) is 0 Å². The van der Waals surface area contributed by atoms with Crippen molar-refractivity contribution in [1.29, 1.82) is 0 Å². The molecule has 0 radical (unpaired) electrons. The van der Waals surface area contributed by atoms with E-state index in [0.29, 0.717) is 0 Å². The van der Waals surface area contributed by atoms with E-state index in [1.54, 1.807) is 0 Å². The fraction of sp³-hybridized carbons (Fsp3) is 0. The van der Waals surface area contributed by atoms with Crippen molar-refractivity contribution in [2.75, 3.05) is 5.73 Å². The molecule has 0 fully saturated rings. The largest absolute Gasteiger partial charge is 0.384 e. The summed E-state index contributed by atoms with van der Waals surface area (Å²) in [6.07, 6.45) is 1.34. The third-order valence-electron chi connectivity index (χ3n) is 0.885. The molecular formula is C5H5N3OS. The Labute approximate surface area is 60.7 Å². The van der Waals surface area contributed by atoms with E-state index in [4.69, 9.17) is 11.4 Å². The minimum Gasteiger partial charge on any atom is -0.384 e. The van der Waals surface area contributed by atoms with Gasteiger partial charge in [-0.25, -0.2) is 4.98 Å². The van der Waals surface area contributed by atoms with Gasteiger partial charge in [0.25, 0.3) is 5.56 Å². The van der Waals surface area contributed by atoms with Gasteiger partial charge in [-0.1, -0.05) is 11.2 Å². The molecule has 0 saturated heterocycles. The predicted octanol–water partition coefficient (Wildman–Crippen LogP) is 0.0332. The number of anilines is 1. The zero-order valence-corrected chi connectivity index (χ0v) is 5.81. The maximum absolute atomic E-state index is 10.8. The Morgan fingerprint density at radius 2 is 2.50 bits per heavy atom. The van der Waals surface area contributed by atoms with Crippen LogP contribution in [0.5, 0.6) is 0 Å². The first-order valence-electron chi connectivity index (χ1n) is 2.45. The van der Waals surface area contributed by atoms with Crippen molar-refractivity contribution in [1.82, 2.24) is 9.97 Å². The first-order valence-corrected chi connectivity index (χ1v) is 3.33. The Hall–Kier alpha value is -1.32. The molecule has 0 bridgehead atoms. The van der Waals surface area contributed by atoms with E-state index >= 15 is 0 Å². The summed E-state index contributed by atoms with van der Waals surface area (Å²) in [6, 6.07) is 0. The molecule has 52 valence electrons. The van der Waals surface area contributed by atoms with Crippen LogP contribution in [-0.2, 0) is 0 Å². The highest BCUT2D eigenvalue weighted by atomic mass is 32.1. The number of aromatic nitrogens is 2. The number of nitrogens with two attached hydrogens (primary N) is 1. The molecule has 4 nitrogen and oxygen atoms in total. The summed E-state index contributed by atoms with van der Waals surface area (Å²) in [5.41, 5.74) is 9.95. The zero-order chi connectivity index (χ0) is 7.56. The molecule has 0 aliphatic heterocycles. The lowest BCUT2D eigenvalue weighted by Gasteiger charge is -1.89. The molecule has 0 spiro atoms. The normalized spacial score (nSPS) is 9.10. The fourth-order valence-corrected chi connectivity index (χ4v) is 0.759. The molecule has 10 heavy (non-hydrogen) atoms. The summed E-state index contributed by atoms with van der Waals surface area (Å²) in [5, 5.41) is 0.217. The SMILES string of the molecule is C#Sc1ncc(N)[nH]c1=O. The highest BCUT2D eigenvalue weighted by Gasteiger charge is 1.94. The van der Waals surface area contributed by atoms with Crippen LogP contribution in [0, 0.1) is 5.69 Å². The van der Waals surface area contributed by atoms with Crippen LogP contribution < -0.4 is 11.3 Å². The second-order valence-corrected chi connectivity index (χ2v) is 2.21. The lowest BCUT2D eigenvalue weighted by Crippen LogP contribution is -2.11. The summed E-state index contributed by atoms with van der Waals surface area (Å²) < 4.78 is 0. The minimum absolute atomic E-state index is 0.217. The van der Waals surface area contributed by atoms with Crippen molar-refractivity contribution in [2.24, 2.45) is 0 Å². The van der Waals surface area contributed by atoms with Crippen molar-refractivity contribution < 1.29 is 0 Å². The van der Waals surface area contributed by atoms with Gasteiger partial charge in [0.1, 0.15) is 5.82 Å². The number of aromatic amines is 1. The Morgan fingerprint density at radius 3 is 3.00 bits per heavy atom. The first kappa shape index (κ1) is 6.80. The van der Waals surface area contributed by atoms with Crippen molar-refractivity contribution in [3.63, 3.8) is 0 Å². The standard InChI is InChI=1S/C5H5N3OS/c1-10-5-4(9)8-3(6)2-7-5/h1-2H,(H3,6,8,9). The molecule has 0 atom stereocenters. The van der Waals surface area contributed by atoms with Gasteiger partial charge in [-0.05, 0) is 0 Å². The van der Waals surface area contributed by atoms with E-state index in [1.165, 1.54) is 6.20 Å². The monoisotopic (exact) mass is 155 g/mol. The second-order valence-electron chi connectivity index (χ2n) is 1.59. The first-order chi connectivity index (χ1) is 4.74. The van der Waals surface area contributed by atoms with Crippen LogP contribution in [0.25, 0.3) is 0 Å². The third-order valence-corrected chi connectivity index (χ3v) is 1.40. The third kappa shape index (κ3) is 1.15. The van der Waals surface area contributed by atoms with Crippen LogP contribution >= 0.6 is 11.2 Å². The topological polar surface area (TPSA) is 71.8 Å². The van der Waals surface area contributed by atoms with Crippen molar-refractivity contribution in [3.05, 3.63) is 16.6 Å². The zero-order valence-electron chi connectivity index (χ0n) is 5.00. The molecule has 3 N–H and O–H groups in total. The van der Waals surface area contributed by atoms with Gasteiger partial charge in [0.2, 0.25) is 0 Å². The van der Waals surface area contributed by atoms with Crippen molar-refractivity contribution in [3.8, 4) is 5.69 Å². The molecular weight excluding hydrogens is 150 g/mol. The molecule has 5 heteroatoms. The molecule has 1 heterocycles. The molecule has 0 saturated carbocycles. The van der Waals surface area contributed by atoms with Crippen LogP contribution in [0.3, 0.4) is 0 Å². The van der Waals surface area contributed by atoms with E-state index in [1.807, 2.05) is 0 Å². The molecule has 0 aliphatic rings. The molecule has 0 aliphatic carbocycles. The average molecular weight is 155 g/mol. The molecule has 0 unspecified atom stereocenters. The van der Waals surface area contributed by atoms with Crippen LogP contribution in [-0.4, -0.2) is 9.97 Å². The predicted molar refractivity (Wildman–Crippen MR) is 40.1 cm³/mol.